The van der Waals surface area contributed by atoms with Gasteiger partial charge in [0.2, 0.25) is 0 Å². The summed E-state index contributed by atoms with van der Waals surface area (Å²) in [5.41, 5.74) is 1.40. The van der Waals surface area contributed by atoms with Gasteiger partial charge in [-0.15, -0.1) is 0 Å². The molecule has 1 fully saturated rings. The number of hydrogen-bond acceptors (Lipinski definition) is 6. The Kier molecular flexibility index (Phi) is 5.03. The molecule has 6 heteroatoms. The number of carbonyl (C=O) groups excluding carboxylic acids is 1. The summed E-state index contributed by atoms with van der Waals surface area (Å²) < 4.78 is 16.4. The standard InChI is InChI=1S/C18H22N2O4/c1-3-22-17(21)16-12-23-18(19-16)20-9-7-14(8-10-20)24-15-6-4-5-13(2)11-15/h4-6,11-12,14H,3,7-10H2,1-2H3. The average molecular weight is 330 g/mol. The maximum absolute atomic E-state index is 11.6. The van der Waals surface area contributed by atoms with Crippen LogP contribution in [0.4, 0.5) is 6.01 Å². The van der Waals surface area contributed by atoms with Crippen molar-refractivity contribution in [1.29, 1.82) is 0 Å². The minimum Gasteiger partial charge on any atom is -0.490 e. The number of hydrogen-bond donors (Lipinski definition) is 0. The van der Waals surface area contributed by atoms with E-state index in [2.05, 4.69) is 18.0 Å². The number of piperidine rings is 1. The molecule has 1 aromatic heterocycles. The first-order valence-electron chi connectivity index (χ1n) is 8.26. The summed E-state index contributed by atoms with van der Waals surface area (Å²) in [7, 11) is 0. The van der Waals surface area contributed by atoms with Crippen LogP contribution in [0, 0.1) is 6.92 Å². The lowest BCUT2D eigenvalue weighted by Gasteiger charge is -2.31. The minimum atomic E-state index is -0.454. The predicted molar refractivity (Wildman–Crippen MR) is 89.5 cm³/mol. The summed E-state index contributed by atoms with van der Waals surface area (Å²) in [5, 5.41) is 0. The number of aryl methyl sites for hydroxylation is 1. The van der Waals surface area contributed by atoms with Gasteiger partial charge < -0.3 is 18.8 Å². The third-order valence-corrected chi connectivity index (χ3v) is 3.98. The number of oxazole rings is 1. The number of esters is 1. The molecule has 6 nitrogen and oxygen atoms in total. The van der Waals surface area contributed by atoms with Crippen molar-refractivity contribution >= 4 is 12.0 Å². The van der Waals surface area contributed by atoms with E-state index in [-0.39, 0.29) is 11.8 Å². The van der Waals surface area contributed by atoms with E-state index in [0.717, 1.165) is 31.7 Å². The molecule has 1 aliphatic heterocycles. The Morgan fingerprint density at radius 1 is 1.38 bits per heavy atom. The molecular weight excluding hydrogens is 308 g/mol. The molecular formula is C18H22N2O4. The highest BCUT2D eigenvalue weighted by atomic mass is 16.5. The van der Waals surface area contributed by atoms with Crippen LogP contribution in [-0.2, 0) is 4.74 Å². The van der Waals surface area contributed by atoms with Crippen molar-refractivity contribution < 1.29 is 18.7 Å². The first kappa shape index (κ1) is 16.4. The van der Waals surface area contributed by atoms with Gasteiger partial charge in [-0.05, 0) is 31.5 Å². The van der Waals surface area contributed by atoms with E-state index in [1.165, 1.54) is 11.8 Å². The van der Waals surface area contributed by atoms with Gasteiger partial charge >= 0.3 is 5.97 Å². The second-order valence-corrected chi connectivity index (χ2v) is 5.86. The second kappa shape index (κ2) is 7.38. The zero-order valence-corrected chi connectivity index (χ0v) is 14.0. The van der Waals surface area contributed by atoms with Crippen molar-refractivity contribution in [1.82, 2.24) is 4.98 Å². The van der Waals surface area contributed by atoms with Crippen LogP contribution < -0.4 is 9.64 Å². The molecule has 0 radical (unpaired) electrons. The molecule has 1 saturated heterocycles. The lowest BCUT2D eigenvalue weighted by Crippen LogP contribution is -2.38. The maximum Gasteiger partial charge on any atom is 0.360 e. The summed E-state index contributed by atoms with van der Waals surface area (Å²) in [6, 6.07) is 8.56. The summed E-state index contributed by atoms with van der Waals surface area (Å²) in [6.07, 6.45) is 3.29. The van der Waals surface area contributed by atoms with Gasteiger partial charge in [0.25, 0.3) is 6.01 Å². The van der Waals surface area contributed by atoms with Crippen LogP contribution in [-0.4, -0.2) is 36.8 Å². The van der Waals surface area contributed by atoms with Crippen molar-refractivity contribution in [3.8, 4) is 5.75 Å². The Bertz CT molecular complexity index is 690. The van der Waals surface area contributed by atoms with Crippen molar-refractivity contribution in [3.63, 3.8) is 0 Å². The van der Waals surface area contributed by atoms with Gasteiger partial charge in [0, 0.05) is 25.9 Å². The fourth-order valence-electron chi connectivity index (χ4n) is 2.75. The lowest BCUT2D eigenvalue weighted by atomic mass is 10.1. The Labute approximate surface area is 141 Å². The largest absolute Gasteiger partial charge is 0.490 e. The van der Waals surface area contributed by atoms with E-state index in [4.69, 9.17) is 13.9 Å². The lowest BCUT2D eigenvalue weighted by molar-refractivity contribution is 0.0519. The van der Waals surface area contributed by atoms with Crippen molar-refractivity contribution in [2.24, 2.45) is 0 Å². The maximum atomic E-state index is 11.6. The smallest absolute Gasteiger partial charge is 0.360 e. The second-order valence-electron chi connectivity index (χ2n) is 5.86. The van der Waals surface area contributed by atoms with Gasteiger partial charge in [0.05, 0.1) is 6.61 Å². The van der Waals surface area contributed by atoms with Crippen molar-refractivity contribution in [2.75, 3.05) is 24.6 Å². The third kappa shape index (κ3) is 3.88. The number of nitrogens with zero attached hydrogens (tertiary/aromatic N) is 2. The number of ether oxygens (including phenoxy) is 2. The molecule has 0 aliphatic carbocycles. The highest BCUT2D eigenvalue weighted by molar-refractivity contribution is 5.87. The quantitative estimate of drug-likeness (QED) is 0.784. The van der Waals surface area contributed by atoms with Crippen molar-refractivity contribution in [3.05, 3.63) is 41.8 Å². The van der Waals surface area contributed by atoms with Crippen LogP contribution in [0.25, 0.3) is 0 Å². The fraction of sp³-hybridized carbons (Fsp3) is 0.444. The Hall–Kier alpha value is -2.50. The third-order valence-electron chi connectivity index (χ3n) is 3.98. The molecule has 2 heterocycles. The number of aromatic nitrogens is 1. The molecule has 3 rings (SSSR count). The van der Waals surface area contributed by atoms with Gasteiger partial charge in [-0.3, -0.25) is 0 Å². The molecule has 2 aromatic rings. The van der Waals surface area contributed by atoms with Gasteiger partial charge in [0.1, 0.15) is 18.1 Å². The minimum absolute atomic E-state index is 0.183. The molecule has 24 heavy (non-hydrogen) atoms. The summed E-state index contributed by atoms with van der Waals surface area (Å²) >= 11 is 0. The van der Waals surface area contributed by atoms with Gasteiger partial charge in [-0.1, -0.05) is 12.1 Å². The Balaban J connectivity index is 1.54. The van der Waals surface area contributed by atoms with E-state index >= 15 is 0 Å². The van der Waals surface area contributed by atoms with Gasteiger partial charge in [-0.2, -0.15) is 4.98 Å². The molecule has 1 aromatic carbocycles. The fourth-order valence-corrected chi connectivity index (χ4v) is 2.75. The summed E-state index contributed by atoms with van der Waals surface area (Å²) in [6.45, 7) is 5.69. The summed E-state index contributed by atoms with van der Waals surface area (Å²) in [4.78, 5) is 17.9. The highest BCUT2D eigenvalue weighted by Gasteiger charge is 2.24. The number of carbonyl (C=O) groups is 1. The predicted octanol–water partition coefficient (Wildman–Crippen LogP) is 3.21. The van der Waals surface area contributed by atoms with Crippen molar-refractivity contribution in [2.45, 2.75) is 32.8 Å². The van der Waals surface area contributed by atoms with Gasteiger partial charge in [0.15, 0.2) is 5.69 Å². The molecule has 0 saturated carbocycles. The van der Waals surface area contributed by atoms with E-state index < -0.39 is 5.97 Å². The number of rotatable bonds is 5. The summed E-state index contributed by atoms with van der Waals surface area (Å²) in [5.74, 6) is 0.458. The van der Waals surface area contributed by atoms with Crippen LogP contribution in [0.15, 0.2) is 34.9 Å². The first-order chi connectivity index (χ1) is 11.7. The molecule has 0 bridgehead atoms. The molecule has 1 aliphatic rings. The normalized spacial score (nSPS) is 15.3. The Morgan fingerprint density at radius 2 is 2.17 bits per heavy atom. The zero-order valence-electron chi connectivity index (χ0n) is 14.0. The van der Waals surface area contributed by atoms with Crippen LogP contribution in [0.2, 0.25) is 0 Å². The number of anilines is 1. The molecule has 128 valence electrons. The zero-order chi connectivity index (χ0) is 16.9. The van der Waals surface area contributed by atoms with Crippen LogP contribution in [0.5, 0.6) is 5.75 Å². The molecule has 0 atom stereocenters. The monoisotopic (exact) mass is 330 g/mol. The molecule has 0 spiro atoms. The van der Waals surface area contributed by atoms with Crippen LogP contribution in [0.1, 0.15) is 35.8 Å². The van der Waals surface area contributed by atoms with E-state index in [0.29, 0.717) is 12.6 Å². The molecule has 0 N–H and O–H groups in total. The number of benzene rings is 1. The van der Waals surface area contributed by atoms with E-state index in [1.807, 2.05) is 23.1 Å². The average Bonchev–Trinajstić information content (AvgIpc) is 3.06. The van der Waals surface area contributed by atoms with Crippen LogP contribution in [0.3, 0.4) is 0 Å². The molecule has 0 amide bonds. The topological polar surface area (TPSA) is 64.8 Å². The van der Waals surface area contributed by atoms with E-state index in [9.17, 15) is 4.79 Å². The Morgan fingerprint density at radius 3 is 2.88 bits per heavy atom. The van der Waals surface area contributed by atoms with E-state index in [1.54, 1.807) is 6.92 Å². The highest BCUT2D eigenvalue weighted by Crippen LogP contribution is 2.23. The molecule has 0 unspecified atom stereocenters. The van der Waals surface area contributed by atoms with Crippen LogP contribution >= 0.6 is 0 Å². The SMILES string of the molecule is CCOC(=O)c1coc(N2CCC(Oc3cccc(C)c3)CC2)n1. The van der Waals surface area contributed by atoms with Gasteiger partial charge in [-0.25, -0.2) is 4.79 Å². The first-order valence-corrected chi connectivity index (χ1v) is 8.26.